The third-order valence-electron chi connectivity index (χ3n) is 2.75. The number of carboxylic acid groups (broad SMARTS) is 1. The number of fused-ring (bicyclic) bond motifs is 1. The number of carbonyl (C=O) groups is 1. The van der Waals surface area contributed by atoms with Gasteiger partial charge in [-0.2, -0.15) is 0 Å². The lowest BCUT2D eigenvalue weighted by Gasteiger charge is -2.05. The normalized spacial score (nSPS) is 15.7. The molecule has 1 aliphatic rings. The van der Waals surface area contributed by atoms with Crippen molar-refractivity contribution in [2.24, 2.45) is 0 Å². The van der Waals surface area contributed by atoms with Gasteiger partial charge in [0.05, 0.1) is 6.42 Å². The van der Waals surface area contributed by atoms with Crippen molar-refractivity contribution in [1.29, 1.82) is 0 Å². The predicted molar refractivity (Wildman–Crippen MR) is 53.5 cm³/mol. The Hall–Kier alpha value is -1.39. The van der Waals surface area contributed by atoms with Crippen molar-refractivity contribution in [2.45, 2.75) is 45.1 Å². The van der Waals surface area contributed by atoms with E-state index in [4.69, 9.17) is 5.11 Å². The van der Waals surface area contributed by atoms with E-state index in [0.717, 1.165) is 37.5 Å². The Morgan fingerprint density at radius 3 is 3.00 bits per heavy atom. The SMILES string of the molecule is O=C(O)CCc1nnc2n1CCCCC2. The molecule has 5 heteroatoms. The first-order valence-electron chi connectivity index (χ1n) is 5.40. The van der Waals surface area contributed by atoms with E-state index in [9.17, 15) is 4.79 Å². The van der Waals surface area contributed by atoms with E-state index in [1.165, 1.54) is 6.42 Å². The molecule has 0 atom stereocenters. The van der Waals surface area contributed by atoms with Crippen LogP contribution in [0.15, 0.2) is 0 Å². The van der Waals surface area contributed by atoms with Crippen molar-refractivity contribution in [3.63, 3.8) is 0 Å². The zero-order chi connectivity index (χ0) is 10.7. The number of aryl methyl sites for hydroxylation is 2. The van der Waals surface area contributed by atoms with Crippen LogP contribution >= 0.6 is 0 Å². The summed E-state index contributed by atoms with van der Waals surface area (Å²) >= 11 is 0. The fourth-order valence-corrected chi connectivity index (χ4v) is 1.95. The van der Waals surface area contributed by atoms with Gasteiger partial charge in [0, 0.05) is 19.4 Å². The quantitative estimate of drug-likeness (QED) is 0.807. The van der Waals surface area contributed by atoms with Crippen molar-refractivity contribution in [2.75, 3.05) is 0 Å². The molecule has 1 N–H and O–H groups in total. The molecule has 82 valence electrons. The molecule has 0 aromatic carbocycles. The van der Waals surface area contributed by atoms with Crippen LogP contribution in [-0.2, 0) is 24.2 Å². The lowest BCUT2D eigenvalue weighted by molar-refractivity contribution is -0.137. The highest BCUT2D eigenvalue weighted by Gasteiger charge is 2.14. The van der Waals surface area contributed by atoms with Crippen molar-refractivity contribution in [3.8, 4) is 0 Å². The van der Waals surface area contributed by atoms with Gasteiger partial charge in [-0.15, -0.1) is 10.2 Å². The van der Waals surface area contributed by atoms with Crippen molar-refractivity contribution < 1.29 is 9.90 Å². The third kappa shape index (κ3) is 2.34. The fraction of sp³-hybridized carbons (Fsp3) is 0.700. The molecule has 0 amide bonds. The molecule has 1 aromatic rings. The maximum Gasteiger partial charge on any atom is 0.303 e. The van der Waals surface area contributed by atoms with E-state index in [-0.39, 0.29) is 6.42 Å². The maximum absolute atomic E-state index is 10.5. The summed E-state index contributed by atoms with van der Waals surface area (Å²) in [5, 5.41) is 16.8. The first-order chi connectivity index (χ1) is 7.27. The van der Waals surface area contributed by atoms with Crippen molar-refractivity contribution in [1.82, 2.24) is 14.8 Å². The first kappa shape index (κ1) is 10.1. The summed E-state index contributed by atoms with van der Waals surface area (Å²) in [6.45, 7) is 0.942. The van der Waals surface area contributed by atoms with Gasteiger partial charge in [-0.25, -0.2) is 0 Å². The molecule has 2 heterocycles. The van der Waals surface area contributed by atoms with Crippen LogP contribution in [0.1, 0.15) is 37.3 Å². The molecular formula is C10H15N3O2. The van der Waals surface area contributed by atoms with Gasteiger partial charge in [0.2, 0.25) is 0 Å². The van der Waals surface area contributed by atoms with Gasteiger partial charge in [0.25, 0.3) is 0 Å². The van der Waals surface area contributed by atoms with Crippen LogP contribution < -0.4 is 0 Å². The smallest absolute Gasteiger partial charge is 0.303 e. The summed E-state index contributed by atoms with van der Waals surface area (Å²) in [6, 6.07) is 0. The molecule has 0 bridgehead atoms. The highest BCUT2D eigenvalue weighted by atomic mass is 16.4. The fourth-order valence-electron chi connectivity index (χ4n) is 1.95. The van der Waals surface area contributed by atoms with Crippen LogP contribution in [0.3, 0.4) is 0 Å². The second kappa shape index (κ2) is 4.42. The lowest BCUT2D eigenvalue weighted by atomic mass is 10.2. The van der Waals surface area contributed by atoms with E-state index in [1.807, 2.05) is 0 Å². The number of hydrogen-bond donors (Lipinski definition) is 1. The van der Waals surface area contributed by atoms with Gasteiger partial charge < -0.3 is 9.67 Å². The van der Waals surface area contributed by atoms with Gasteiger partial charge in [-0.1, -0.05) is 6.42 Å². The molecule has 0 fully saturated rings. The summed E-state index contributed by atoms with van der Waals surface area (Å²) in [4.78, 5) is 10.5. The summed E-state index contributed by atoms with van der Waals surface area (Å²) < 4.78 is 2.09. The number of nitrogens with zero attached hydrogens (tertiary/aromatic N) is 3. The summed E-state index contributed by atoms with van der Waals surface area (Å²) in [7, 11) is 0. The van der Waals surface area contributed by atoms with Gasteiger partial charge in [0.15, 0.2) is 0 Å². The zero-order valence-electron chi connectivity index (χ0n) is 8.65. The summed E-state index contributed by atoms with van der Waals surface area (Å²) in [6.07, 6.45) is 5.13. The lowest BCUT2D eigenvalue weighted by Crippen LogP contribution is -2.08. The molecule has 1 aliphatic heterocycles. The highest BCUT2D eigenvalue weighted by Crippen LogP contribution is 2.15. The van der Waals surface area contributed by atoms with E-state index in [2.05, 4.69) is 14.8 Å². The molecule has 0 radical (unpaired) electrons. The molecule has 0 saturated heterocycles. The molecule has 15 heavy (non-hydrogen) atoms. The number of aromatic nitrogens is 3. The standard InChI is InChI=1S/C10H15N3O2/c14-10(15)6-5-9-12-11-8-4-2-1-3-7-13(8)9/h1-7H2,(H,14,15). The second-order valence-electron chi connectivity index (χ2n) is 3.89. The number of hydrogen-bond acceptors (Lipinski definition) is 3. The van der Waals surface area contributed by atoms with E-state index in [0.29, 0.717) is 6.42 Å². The largest absolute Gasteiger partial charge is 0.481 e. The molecule has 5 nitrogen and oxygen atoms in total. The Kier molecular flexibility index (Phi) is 2.99. The van der Waals surface area contributed by atoms with Crippen LogP contribution in [-0.4, -0.2) is 25.8 Å². The highest BCUT2D eigenvalue weighted by molar-refractivity contribution is 5.66. The molecular weight excluding hydrogens is 194 g/mol. The minimum atomic E-state index is -0.777. The monoisotopic (exact) mass is 209 g/mol. The third-order valence-corrected chi connectivity index (χ3v) is 2.75. The van der Waals surface area contributed by atoms with Crippen molar-refractivity contribution in [3.05, 3.63) is 11.6 Å². The van der Waals surface area contributed by atoms with Gasteiger partial charge in [0.1, 0.15) is 11.6 Å². The Labute approximate surface area is 88.1 Å². The number of rotatable bonds is 3. The molecule has 0 saturated carbocycles. The van der Waals surface area contributed by atoms with Gasteiger partial charge in [-0.05, 0) is 12.8 Å². The van der Waals surface area contributed by atoms with E-state index < -0.39 is 5.97 Å². The van der Waals surface area contributed by atoms with E-state index >= 15 is 0 Å². The topological polar surface area (TPSA) is 68.0 Å². The maximum atomic E-state index is 10.5. The summed E-state index contributed by atoms with van der Waals surface area (Å²) in [5.74, 6) is 1.07. The molecule has 0 aliphatic carbocycles. The molecule has 2 rings (SSSR count). The Morgan fingerprint density at radius 2 is 2.20 bits per heavy atom. The average Bonchev–Trinajstić information content (AvgIpc) is 2.44. The van der Waals surface area contributed by atoms with Crippen LogP contribution in [0.25, 0.3) is 0 Å². The Balaban J connectivity index is 2.11. The summed E-state index contributed by atoms with van der Waals surface area (Å²) in [5.41, 5.74) is 0. The van der Waals surface area contributed by atoms with Gasteiger partial charge >= 0.3 is 5.97 Å². The minimum Gasteiger partial charge on any atom is -0.481 e. The van der Waals surface area contributed by atoms with Crippen molar-refractivity contribution >= 4 is 5.97 Å². The number of carboxylic acids is 1. The molecule has 1 aromatic heterocycles. The molecule has 0 unspecified atom stereocenters. The van der Waals surface area contributed by atoms with E-state index in [1.54, 1.807) is 0 Å². The first-order valence-corrected chi connectivity index (χ1v) is 5.40. The number of aliphatic carboxylic acids is 1. The van der Waals surface area contributed by atoms with Crippen LogP contribution in [0.5, 0.6) is 0 Å². The predicted octanol–water partition coefficient (Wildman–Crippen LogP) is 1.02. The van der Waals surface area contributed by atoms with Crippen LogP contribution in [0.4, 0.5) is 0 Å². The second-order valence-corrected chi connectivity index (χ2v) is 3.89. The average molecular weight is 209 g/mol. The minimum absolute atomic E-state index is 0.137. The van der Waals surface area contributed by atoms with Crippen LogP contribution in [0.2, 0.25) is 0 Å². The van der Waals surface area contributed by atoms with Gasteiger partial charge in [-0.3, -0.25) is 4.79 Å². The Bertz CT molecular complexity index is 360. The van der Waals surface area contributed by atoms with Crippen LogP contribution in [0, 0.1) is 0 Å². The Morgan fingerprint density at radius 1 is 1.33 bits per heavy atom. The zero-order valence-corrected chi connectivity index (χ0v) is 8.65. The molecule has 0 spiro atoms.